The Labute approximate surface area is 202 Å². The average molecular weight is 463 g/mol. The molecule has 0 bridgehead atoms. The largest absolute Gasteiger partial charge is 0.449 e. The van der Waals surface area contributed by atoms with Gasteiger partial charge in [0.25, 0.3) is 0 Å². The van der Waals surface area contributed by atoms with Crippen LogP contribution in [0.15, 0.2) is 84.9 Å². The number of thioether (sulfide) groups is 1. The van der Waals surface area contributed by atoms with Crippen molar-refractivity contribution in [1.29, 1.82) is 10.8 Å². The van der Waals surface area contributed by atoms with Crippen molar-refractivity contribution in [2.24, 2.45) is 0 Å². The van der Waals surface area contributed by atoms with Crippen LogP contribution in [0.2, 0.25) is 0 Å². The van der Waals surface area contributed by atoms with E-state index in [-0.39, 0.29) is 10.5 Å². The summed E-state index contributed by atoms with van der Waals surface area (Å²) in [6.07, 6.45) is 0. The zero-order valence-electron chi connectivity index (χ0n) is 18.8. The fourth-order valence-electron chi connectivity index (χ4n) is 4.73. The Kier molecular flexibility index (Phi) is 4.64. The molecule has 2 N–H and O–H groups in total. The van der Waals surface area contributed by atoms with Crippen molar-refractivity contribution in [2.75, 3.05) is 0 Å². The maximum atomic E-state index is 8.52. The van der Waals surface area contributed by atoms with Crippen LogP contribution in [0.25, 0.3) is 11.1 Å². The van der Waals surface area contributed by atoms with Gasteiger partial charge in [0.05, 0.1) is 0 Å². The number of ether oxygens (including phenoxy) is 2. The summed E-state index contributed by atoms with van der Waals surface area (Å²) in [5.41, 5.74) is 6.30. The molecule has 34 heavy (non-hydrogen) atoms. The van der Waals surface area contributed by atoms with E-state index >= 15 is 0 Å². The van der Waals surface area contributed by atoms with Gasteiger partial charge in [0.15, 0.2) is 23.0 Å². The molecular weight excluding hydrogens is 440 g/mol. The average Bonchev–Trinajstić information content (AvgIpc) is 3.08. The SMILES string of the molecule is CC1(C)c2ccccc2-c2cc3c(cc21)Oc1cc(C(=N)SC(=N)c2ccccc2)ccc1O3. The minimum absolute atomic E-state index is 0.122. The van der Waals surface area contributed by atoms with Crippen LogP contribution in [0.1, 0.15) is 36.1 Å². The van der Waals surface area contributed by atoms with Crippen molar-refractivity contribution in [2.45, 2.75) is 19.3 Å². The summed E-state index contributed by atoms with van der Waals surface area (Å²) in [6, 6.07) is 27.6. The van der Waals surface area contributed by atoms with Gasteiger partial charge in [-0.1, -0.05) is 80.2 Å². The Hall–Kier alpha value is -3.83. The van der Waals surface area contributed by atoms with E-state index in [0.717, 1.165) is 17.3 Å². The van der Waals surface area contributed by atoms with Gasteiger partial charge < -0.3 is 9.47 Å². The Morgan fingerprint density at radius 3 is 2.09 bits per heavy atom. The molecule has 1 heterocycles. The summed E-state index contributed by atoms with van der Waals surface area (Å²) in [5.74, 6) is 2.58. The van der Waals surface area contributed by atoms with Crippen LogP contribution in [-0.4, -0.2) is 10.1 Å². The first kappa shape index (κ1) is 20.8. The number of fused-ring (bicyclic) bond motifs is 5. The summed E-state index contributed by atoms with van der Waals surface area (Å²) in [6.45, 7) is 4.47. The third kappa shape index (κ3) is 3.24. The van der Waals surface area contributed by atoms with E-state index in [9.17, 15) is 0 Å². The van der Waals surface area contributed by atoms with Gasteiger partial charge in [0.1, 0.15) is 10.1 Å². The molecule has 0 spiro atoms. The molecule has 4 nitrogen and oxygen atoms in total. The predicted molar refractivity (Wildman–Crippen MR) is 138 cm³/mol. The quantitative estimate of drug-likeness (QED) is 0.206. The molecule has 2 aliphatic rings. The third-order valence-corrected chi connectivity index (χ3v) is 7.41. The van der Waals surface area contributed by atoms with Gasteiger partial charge in [-0.05, 0) is 52.6 Å². The summed E-state index contributed by atoms with van der Waals surface area (Å²) in [4.78, 5) is 0. The molecule has 4 aromatic rings. The van der Waals surface area contributed by atoms with Crippen LogP contribution in [0.3, 0.4) is 0 Å². The smallest absolute Gasteiger partial charge is 0.170 e. The standard InChI is InChI=1S/C29H22N2O2S/c1-29(2)21-11-7-6-10-19(21)20-15-25-26(16-22(20)29)33-24-14-18(12-13-23(24)32-25)28(31)34-27(30)17-8-4-3-5-9-17/h3-16,30-31H,1-2H3. The number of hydrogen-bond donors (Lipinski definition) is 2. The highest BCUT2D eigenvalue weighted by Crippen LogP contribution is 2.55. The zero-order valence-corrected chi connectivity index (χ0v) is 19.6. The van der Waals surface area contributed by atoms with E-state index in [1.54, 1.807) is 0 Å². The van der Waals surface area contributed by atoms with E-state index in [0.29, 0.717) is 33.6 Å². The van der Waals surface area contributed by atoms with Gasteiger partial charge in [-0.25, -0.2) is 0 Å². The summed E-state index contributed by atoms with van der Waals surface area (Å²) in [7, 11) is 0. The minimum atomic E-state index is -0.122. The predicted octanol–water partition coefficient (Wildman–Crippen LogP) is 7.98. The Balaban J connectivity index is 1.30. The monoisotopic (exact) mass is 462 g/mol. The van der Waals surface area contributed by atoms with Crippen molar-refractivity contribution in [3.63, 3.8) is 0 Å². The van der Waals surface area contributed by atoms with E-state index in [4.69, 9.17) is 20.3 Å². The zero-order chi connectivity index (χ0) is 23.4. The van der Waals surface area contributed by atoms with Crippen LogP contribution < -0.4 is 9.47 Å². The lowest BCUT2D eigenvalue weighted by Gasteiger charge is -2.25. The van der Waals surface area contributed by atoms with Crippen molar-refractivity contribution in [1.82, 2.24) is 0 Å². The van der Waals surface area contributed by atoms with Crippen molar-refractivity contribution >= 4 is 21.8 Å². The molecule has 0 atom stereocenters. The molecule has 1 aliphatic heterocycles. The summed E-state index contributed by atoms with van der Waals surface area (Å²) >= 11 is 1.12. The van der Waals surface area contributed by atoms with Gasteiger partial charge in [0.2, 0.25) is 0 Å². The van der Waals surface area contributed by atoms with E-state index in [2.05, 4.69) is 50.2 Å². The van der Waals surface area contributed by atoms with Gasteiger partial charge in [-0.2, -0.15) is 0 Å². The maximum absolute atomic E-state index is 8.52. The molecule has 5 heteroatoms. The molecule has 0 amide bonds. The molecular formula is C29H22N2O2S. The fourth-order valence-corrected chi connectivity index (χ4v) is 5.43. The molecule has 0 saturated heterocycles. The number of hydrogen-bond acceptors (Lipinski definition) is 5. The lowest BCUT2D eigenvalue weighted by Crippen LogP contribution is -2.15. The molecule has 0 aromatic heterocycles. The first-order valence-corrected chi connectivity index (χ1v) is 11.9. The van der Waals surface area contributed by atoms with Crippen LogP contribution in [0.5, 0.6) is 23.0 Å². The van der Waals surface area contributed by atoms with Crippen molar-refractivity contribution < 1.29 is 9.47 Å². The van der Waals surface area contributed by atoms with E-state index in [1.807, 2.05) is 48.5 Å². The van der Waals surface area contributed by atoms with Crippen LogP contribution in [0, 0.1) is 10.8 Å². The molecule has 4 aromatic carbocycles. The fraction of sp³-hybridized carbons (Fsp3) is 0.103. The van der Waals surface area contributed by atoms with Crippen LogP contribution >= 0.6 is 11.8 Å². The first-order chi connectivity index (χ1) is 16.4. The first-order valence-electron chi connectivity index (χ1n) is 11.1. The number of benzene rings is 4. The maximum Gasteiger partial charge on any atom is 0.170 e. The van der Waals surface area contributed by atoms with Gasteiger partial charge in [-0.3, -0.25) is 10.8 Å². The van der Waals surface area contributed by atoms with E-state index < -0.39 is 0 Å². The van der Waals surface area contributed by atoms with Crippen molar-refractivity contribution in [3.05, 3.63) is 107 Å². The summed E-state index contributed by atoms with van der Waals surface area (Å²) < 4.78 is 12.5. The van der Waals surface area contributed by atoms with Crippen LogP contribution in [0.4, 0.5) is 0 Å². The van der Waals surface area contributed by atoms with Gasteiger partial charge >= 0.3 is 0 Å². The second kappa shape index (κ2) is 7.61. The number of nitrogens with one attached hydrogen (secondary N) is 2. The molecule has 166 valence electrons. The second-order valence-corrected chi connectivity index (χ2v) is 10.0. The Morgan fingerprint density at radius 2 is 1.26 bits per heavy atom. The molecule has 0 saturated carbocycles. The molecule has 1 aliphatic carbocycles. The molecule has 6 rings (SSSR count). The third-order valence-electron chi connectivity index (χ3n) is 6.53. The topological polar surface area (TPSA) is 66.2 Å². The molecule has 0 radical (unpaired) electrons. The molecule has 0 fully saturated rings. The summed E-state index contributed by atoms with van der Waals surface area (Å²) in [5, 5.41) is 17.5. The Morgan fingerprint density at radius 1 is 0.618 bits per heavy atom. The number of rotatable bonds is 2. The van der Waals surface area contributed by atoms with E-state index in [1.165, 1.54) is 22.3 Å². The minimum Gasteiger partial charge on any atom is -0.449 e. The van der Waals surface area contributed by atoms with Crippen LogP contribution in [-0.2, 0) is 5.41 Å². The lowest BCUT2D eigenvalue weighted by molar-refractivity contribution is 0.359. The second-order valence-electron chi connectivity index (χ2n) is 9.01. The normalized spacial score (nSPS) is 14.1. The lowest BCUT2D eigenvalue weighted by atomic mass is 9.82. The van der Waals surface area contributed by atoms with Gasteiger partial charge in [-0.15, -0.1) is 0 Å². The van der Waals surface area contributed by atoms with Gasteiger partial charge in [0, 0.05) is 16.5 Å². The Bertz CT molecular complexity index is 1490. The van der Waals surface area contributed by atoms with Crippen molar-refractivity contribution in [3.8, 4) is 34.1 Å². The highest BCUT2D eigenvalue weighted by Gasteiger charge is 2.37. The highest BCUT2D eigenvalue weighted by molar-refractivity contribution is 8.27. The molecule has 0 unspecified atom stereocenters. The highest BCUT2D eigenvalue weighted by atomic mass is 32.2.